The van der Waals surface area contributed by atoms with Crippen LogP contribution in [0.1, 0.15) is 40.0 Å². The van der Waals surface area contributed by atoms with E-state index in [4.69, 9.17) is 4.74 Å². The summed E-state index contributed by atoms with van der Waals surface area (Å²) in [6.07, 6.45) is 1.36. The Hall–Kier alpha value is -1.07. The number of ether oxygens (including phenoxy) is 1. The van der Waals surface area contributed by atoms with Gasteiger partial charge in [-0.1, -0.05) is 13.8 Å². The Morgan fingerprint density at radius 1 is 1.19 bits per heavy atom. The predicted molar refractivity (Wildman–Crippen MR) is 96.8 cm³/mol. The summed E-state index contributed by atoms with van der Waals surface area (Å²) in [6, 6.07) is -0.00720. The molecular formula is C16H29F3N4O3S. The molecule has 0 aromatic rings. The molecule has 2 atom stereocenters. The van der Waals surface area contributed by atoms with E-state index in [9.17, 15) is 21.6 Å². The summed E-state index contributed by atoms with van der Waals surface area (Å²) in [5.41, 5.74) is -5.61. The molecule has 2 unspecified atom stereocenters. The summed E-state index contributed by atoms with van der Waals surface area (Å²) >= 11 is 0. The number of halogens is 3. The fourth-order valence-corrected chi connectivity index (χ4v) is 4.62. The van der Waals surface area contributed by atoms with Crippen molar-refractivity contribution in [1.29, 1.82) is 0 Å². The standard InChI is InChI=1S/C16H29F3N4O3S/c1-14(2)12(10-15(14,3)26-5)22-13(20-4)21-11-6-8-23(9-7-11)27(24,25)16(17,18)19/h11-12H,6-10H2,1-5H3,(H2,20,21,22). The first kappa shape index (κ1) is 22.2. The fraction of sp³-hybridized carbons (Fsp3) is 0.938. The maximum absolute atomic E-state index is 12.6. The van der Waals surface area contributed by atoms with Crippen LogP contribution in [0.2, 0.25) is 0 Å². The van der Waals surface area contributed by atoms with Crippen LogP contribution < -0.4 is 10.6 Å². The monoisotopic (exact) mass is 414 g/mol. The van der Waals surface area contributed by atoms with E-state index < -0.39 is 15.5 Å². The van der Waals surface area contributed by atoms with Crippen molar-refractivity contribution >= 4 is 16.0 Å². The smallest absolute Gasteiger partial charge is 0.378 e. The third kappa shape index (κ3) is 4.04. The van der Waals surface area contributed by atoms with E-state index in [1.807, 2.05) is 0 Å². The van der Waals surface area contributed by atoms with Crippen molar-refractivity contribution in [2.45, 2.75) is 63.2 Å². The first-order valence-corrected chi connectivity index (χ1v) is 10.3. The zero-order valence-corrected chi connectivity index (χ0v) is 17.2. The maximum Gasteiger partial charge on any atom is 0.511 e. The second kappa shape index (κ2) is 7.40. The van der Waals surface area contributed by atoms with Crippen LogP contribution in [0.3, 0.4) is 0 Å². The number of nitrogens with one attached hydrogen (secondary N) is 2. The molecule has 1 saturated carbocycles. The van der Waals surface area contributed by atoms with Crippen molar-refractivity contribution in [1.82, 2.24) is 14.9 Å². The van der Waals surface area contributed by atoms with Gasteiger partial charge in [0.15, 0.2) is 5.96 Å². The number of methoxy groups -OCH3 is 1. The number of hydrogen-bond acceptors (Lipinski definition) is 4. The molecule has 1 heterocycles. The zero-order chi connectivity index (χ0) is 20.7. The van der Waals surface area contributed by atoms with E-state index in [1.165, 1.54) is 0 Å². The molecule has 0 bridgehead atoms. The van der Waals surface area contributed by atoms with Gasteiger partial charge in [-0.25, -0.2) is 8.42 Å². The molecule has 1 aliphatic carbocycles. The summed E-state index contributed by atoms with van der Waals surface area (Å²) in [7, 11) is -1.94. The van der Waals surface area contributed by atoms with Crippen LogP contribution in [0.25, 0.3) is 0 Å². The SMILES string of the molecule is CN=C(NC1CCN(S(=O)(=O)C(F)(F)F)CC1)NC1CC(C)(OC)C1(C)C. The third-order valence-electron chi connectivity index (χ3n) is 6.24. The summed E-state index contributed by atoms with van der Waals surface area (Å²) in [5.74, 6) is 0.559. The lowest BCUT2D eigenvalue weighted by molar-refractivity contribution is -0.176. The van der Waals surface area contributed by atoms with Crippen molar-refractivity contribution in [3.63, 3.8) is 0 Å². The number of piperidine rings is 1. The molecule has 2 fully saturated rings. The van der Waals surface area contributed by atoms with Crippen molar-refractivity contribution < 1.29 is 26.3 Å². The number of guanidine groups is 1. The topological polar surface area (TPSA) is 83.0 Å². The van der Waals surface area contributed by atoms with E-state index in [0.717, 1.165) is 6.42 Å². The Morgan fingerprint density at radius 3 is 2.15 bits per heavy atom. The van der Waals surface area contributed by atoms with Gasteiger partial charge in [0, 0.05) is 44.7 Å². The molecular weight excluding hydrogens is 385 g/mol. The summed E-state index contributed by atoms with van der Waals surface area (Å²) in [6.45, 7) is 5.91. The van der Waals surface area contributed by atoms with Crippen LogP contribution in [0.4, 0.5) is 13.2 Å². The van der Waals surface area contributed by atoms with Crippen LogP contribution >= 0.6 is 0 Å². The summed E-state index contributed by atoms with van der Waals surface area (Å²) in [5, 5.41) is 6.54. The normalized spacial score (nSPS) is 30.7. The zero-order valence-electron chi connectivity index (χ0n) is 16.4. The van der Waals surface area contributed by atoms with Gasteiger partial charge >= 0.3 is 15.5 Å². The molecule has 27 heavy (non-hydrogen) atoms. The molecule has 2 N–H and O–H groups in total. The molecule has 7 nitrogen and oxygen atoms in total. The van der Waals surface area contributed by atoms with Gasteiger partial charge in [0.05, 0.1) is 5.60 Å². The first-order chi connectivity index (χ1) is 12.3. The number of nitrogens with zero attached hydrogens (tertiary/aromatic N) is 2. The molecule has 0 radical (unpaired) electrons. The number of aliphatic imine (C=N–C) groups is 1. The average molecular weight is 414 g/mol. The Bertz CT molecular complexity index is 673. The molecule has 0 spiro atoms. The van der Waals surface area contributed by atoms with E-state index in [-0.39, 0.29) is 49.0 Å². The lowest BCUT2D eigenvalue weighted by Gasteiger charge is -2.59. The highest BCUT2D eigenvalue weighted by molar-refractivity contribution is 7.90. The minimum atomic E-state index is -5.26. The minimum absolute atomic E-state index is 0.122. The van der Waals surface area contributed by atoms with Crippen molar-refractivity contribution in [3.05, 3.63) is 0 Å². The molecule has 0 amide bonds. The molecule has 1 aliphatic heterocycles. The summed E-state index contributed by atoms with van der Waals surface area (Å²) in [4.78, 5) is 4.19. The second-order valence-electron chi connectivity index (χ2n) is 7.90. The van der Waals surface area contributed by atoms with Gasteiger partial charge in [0.25, 0.3) is 0 Å². The van der Waals surface area contributed by atoms with Crippen LogP contribution in [-0.4, -0.2) is 69.1 Å². The lowest BCUT2D eigenvalue weighted by atomic mass is 9.56. The Labute approximate surface area is 158 Å². The molecule has 0 aromatic heterocycles. The molecule has 2 aliphatic rings. The van der Waals surface area contributed by atoms with Gasteiger partial charge in [-0.2, -0.15) is 17.5 Å². The quantitative estimate of drug-likeness (QED) is 0.540. The lowest BCUT2D eigenvalue weighted by Crippen LogP contribution is -2.69. The van der Waals surface area contributed by atoms with Gasteiger partial charge in [-0.05, 0) is 26.2 Å². The maximum atomic E-state index is 12.6. The average Bonchev–Trinajstić information content (AvgIpc) is 2.59. The largest absolute Gasteiger partial charge is 0.511 e. The Morgan fingerprint density at radius 2 is 1.74 bits per heavy atom. The van der Waals surface area contributed by atoms with Gasteiger partial charge in [-0.15, -0.1) is 0 Å². The van der Waals surface area contributed by atoms with Gasteiger partial charge < -0.3 is 15.4 Å². The highest BCUT2D eigenvalue weighted by atomic mass is 32.2. The van der Waals surface area contributed by atoms with E-state index in [0.29, 0.717) is 10.3 Å². The molecule has 2 rings (SSSR count). The number of rotatable bonds is 4. The fourth-order valence-electron chi connectivity index (χ4n) is 3.64. The summed E-state index contributed by atoms with van der Waals surface area (Å²) < 4.78 is 67.0. The number of sulfonamides is 1. The Kier molecular flexibility index (Phi) is 6.09. The molecule has 11 heteroatoms. The van der Waals surface area contributed by atoms with Crippen molar-refractivity contribution in [2.75, 3.05) is 27.2 Å². The van der Waals surface area contributed by atoms with Gasteiger partial charge in [0.1, 0.15) is 0 Å². The van der Waals surface area contributed by atoms with Crippen LogP contribution in [0, 0.1) is 5.41 Å². The molecule has 0 aromatic carbocycles. The van der Waals surface area contributed by atoms with Crippen molar-refractivity contribution in [3.8, 4) is 0 Å². The van der Waals surface area contributed by atoms with Crippen LogP contribution in [-0.2, 0) is 14.8 Å². The van der Waals surface area contributed by atoms with E-state index in [2.05, 4.69) is 36.4 Å². The van der Waals surface area contributed by atoms with E-state index in [1.54, 1.807) is 14.2 Å². The van der Waals surface area contributed by atoms with E-state index >= 15 is 0 Å². The predicted octanol–water partition coefficient (Wildman–Crippen LogP) is 1.67. The Balaban J connectivity index is 1.90. The highest BCUT2D eigenvalue weighted by Gasteiger charge is 2.58. The van der Waals surface area contributed by atoms with Crippen molar-refractivity contribution in [2.24, 2.45) is 10.4 Å². The molecule has 1 saturated heterocycles. The molecule has 158 valence electrons. The third-order valence-corrected chi connectivity index (χ3v) is 7.87. The second-order valence-corrected chi connectivity index (χ2v) is 9.83. The van der Waals surface area contributed by atoms with Gasteiger partial charge in [-0.3, -0.25) is 4.99 Å². The van der Waals surface area contributed by atoms with Crippen LogP contribution in [0.15, 0.2) is 4.99 Å². The highest BCUT2D eigenvalue weighted by Crippen LogP contribution is 2.51. The number of hydrogen-bond donors (Lipinski definition) is 2. The van der Waals surface area contributed by atoms with Crippen LogP contribution in [0.5, 0.6) is 0 Å². The van der Waals surface area contributed by atoms with Gasteiger partial charge in [0.2, 0.25) is 0 Å². The first-order valence-electron chi connectivity index (χ1n) is 8.90. The number of alkyl halides is 3. The minimum Gasteiger partial charge on any atom is -0.378 e.